The Kier molecular flexibility index (Phi) is 7.00. The van der Waals surface area contributed by atoms with Crippen molar-refractivity contribution in [2.24, 2.45) is 4.99 Å². The van der Waals surface area contributed by atoms with Gasteiger partial charge >= 0.3 is 6.03 Å². The molecule has 1 aliphatic rings. The zero-order chi connectivity index (χ0) is 18.2. The normalized spacial score (nSPS) is 13.6. The average molecular weight is 362 g/mol. The van der Waals surface area contributed by atoms with Gasteiger partial charge in [0.25, 0.3) is 5.91 Å². The maximum Gasteiger partial charge on any atom is 0.321 e. The lowest BCUT2D eigenvalue weighted by molar-refractivity contribution is -0.117. The number of nitrogens with zero attached hydrogens (tertiary/aromatic N) is 2. The molecule has 0 unspecified atom stereocenters. The molecule has 0 fully saturated rings. The molecule has 7 nitrogen and oxygen atoms in total. The van der Waals surface area contributed by atoms with E-state index in [4.69, 9.17) is 0 Å². The van der Waals surface area contributed by atoms with Crippen LogP contribution in [0.2, 0.25) is 0 Å². The first-order valence-corrected chi connectivity index (χ1v) is 9.14. The van der Waals surface area contributed by atoms with E-state index >= 15 is 0 Å². The summed E-state index contributed by atoms with van der Waals surface area (Å²) < 4.78 is 0. The smallest absolute Gasteiger partial charge is 0.321 e. The second-order valence-corrected chi connectivity index (χ2v) is 6.55. The lowest BCUT2D eigenvalue weighted by Crippen LogP contribution is -2.41. The Labute approximate surface area is 151 Å². The number of aryl methyl sites for hydroxylation is 1. The summed E-state index contributed by atoms with van der Waals surface area (Å²) in [4.78, 5) is 41.2. The number of urea groups is 1. The third-order valence-electron chi connectivity index (χ3n) is 3.48. The molecule has 1 aromatic rings. The van der Waals surface area contributed by atoms with Crippen LogP contribution in [-0.2, 0) is 9.59 Å². The van der Waals surface area contributed by atoms with Gasteiger partial charge < -0.3 is 5.32 Å². The first kappa shape index (κ1) is 19.0. The fraction of sp³-hybridized carbons (Fsp3) is 0.412. The van der Waals surface area contributed by atoms with E-state index in [-0.39, 0.29) is 18.2 Å². The van der Waals surface area contributed by atoms with Crippen LogP contribution in [-0.4, -0.2) is 41.9 Å². The molecule has 1 heterocycles. The Balaban J connectivity index is 1.86. The first-order chi connectivity index (χ1) is 12.0. The molecule has 1 aliphatic heterocycles. The Morgan fingerprint density at radius 3 is 2.68 bits per heavy atom. The molecule has 2 rings (SSSR count). The number of imide groups is 1. The Bertz CT molecular complexity index is 673. The van der Waals surface area contributed by atoms with E-state index in [1.165, 1.54) is 4.90 Å². The van der Waals surface area contributed by atoms with Crippen LogP contribution in [0.3, 0.4) is 0 Å². The van der Waals surface area contributed by atoms with Crippen molar-refractivity contribution in [3.63, 3.8) is 0 Å². The lowest BCUT2D eigenvalue weighted by atomic mass is 10.2. The second-order valence-electron chi connectivity index (χ2n) is 5.61. The highest BCUT2D eigenvalue weighted by Gasteiger charge is 2.27. The molecule has 0 radical (unpaired) electrons. The predicted molar refractivity (Wildman–Crippen MR) is 99.9 cm³/mol. The number of carbonyl (C=O) groups excluding carboxylic acids is 3. The van der Waals surface area contributed by atoms with Gasteiger partial charge in [0, 0.05) is 6.54 Å². The first-order valence-electron chi connectivity index (χ1n) is 8.15. The van der Waals surface area contributed by atoms with Crippen molar-refractivity contribution in [3.05, 3.63) is 29.8 Å². The number of aliphatic imine (C=N–C) groups is 1. The molecule has 25 heavy (non-hydrogen) atoms. The molecule has 0 bridgehead atoms. The van der Waals surface area contributed by atoms with Gasteiger partial charge in [-0.15, -0.1) is 0 Å². The Morgan fingerprint density at radius 2 is 2.00 bits per heavy atom. The van der Waals surface area contributed by atoms with E-state index in [1.807, 2.05) is 38.1 Å². The van der Waals surface area contributed by atoms with E-state index in [9.17, 15) is 14.4 Å². The van der Waals surface area contributed by atoms with Crippen molar-refractivity contribution in [1.29, 1.82) is 0 Å². The third kappa shape index (κ3) is 5.60. The Hall–Kier alpha value is -2.35. The van der Waals surface area contributed by atoms with E-state index in [0.29, 0.717) is 11.7 Å². The molecule has 0 aliphatic carbocycles. The van der Waals surface area contributed by atoms with Gasteiger partial charge in [0.2, 0.25) is 5.91 Å². The van der Waals surface area contributed by atoms with Crippen LogP contribution >= 0.6 is 11.8 Å². The van der Waals surface area contributed by atoms with Crippen LogP contribution in [0.5, 0.6) is 0 Å². The molecule has 2 N–H and O–H groups in total. The fourth-order valence-electron chi connectivity index (χ4n) is 2.16. The van der Waals surface area contributed by atoms with Gasteiger partial charge in [-0.05, 0) is 25.5 Å². The van der Waals surface area contributed by atoms with E-state index in [1.54, 1.807) is 0 Å². The molecule has 0 spiro atoms. The highest BCUT2D eigenvalue weighted by Crippen LogP contribution is 2.24. The van der Waals surface area contributed by atoms with Crippen molar-refractivity contribution in [3.8, 4) is 0 Å². The van der Waals surface area contributed by atoms with Crippen LogP contribution in [0.1, 0.15) is 25.3 Å². The zero-order valence-corrected chi connectivity index (χ0v) is 15.2. The van der Waals surface area contributed by atoms with Gasteiger partial charge in [0.1, 0.15) is 6.54 Å². The van der Waals surface area contributed by atoms with Crippen molar-refractivity contribution in [1.82, 2.24) is 10.6 Å². The van der Waals surface area contributed by atoms with Gasteiger partial charge in [-0.1, -0.05) is 42.8 Å². The molecule has 4 amide bonds. The maximum absolute atomic E-state index is 12.1. The summed E-state index contributed by atoms with van der Waals surface area (Å²) in [5, 5.41) is 5.35. The van der Waals surface area contributed by atoms with Crippen LogP contribution in [0.25, 0.3) is 0 Å². The largest absolute Gasteiger partial charge is 0.338 e. The minimum Gasteiger partial charge on any atom is -0.338 e. The van der Waals surface area contributed by atoms with Crippen molar-refractivity contribution >= 4 is 40.5 Å². The van der Waals surface area contributed by atoms with Gasteiger partial charge in [-0.25, -0.2) is 4.79 Å². The average Bonchev–Trinajstić information content (AvgIpc) is 2.95. The van der Waals surface area contributed by atoms with Crippen molar-refractivity contribution < 1.29 is 14.4 Å². The Morgan fingerprint density at radius 1 is 1.28 bits per heavy atom. The summed E-state index contributed by atoms with van der Waals surface area (Å²) in [5.41, 5.74) is 1.81. The summed E-state index contributed by atoms with van der Waals surface area (Å²) in [5.74, 6) is -0.552. The number of thioether (sulfide) groups is 1. The number of anilines is 1. The number of carbonyl (C=O) groups is 3. The quantitative estimate of drug-likeness (QED) is 0.758. The number of hydrogen-bond donors (Lipinski definition) is 2. The molecule has 8 heteroatoms. The zero-order valence-electron chi connectivity index (χ0n) is 14.4. The lowest BCUT2D eigenvalue weighted by Gasteiger charge is -2.18. The minimum atomic E-state index is -0.501. The van der Waals surface area contributed by atoms with E-state index < -0.39 is 11.9 Å². The number of benzene rings is 1. The number of rotatable bonds is 6. The summed E-state index contributed by atoms with van der Waals surface area (Å²) in [6.07, 6.45) is 1.83. The van der Waals surface area contributed by atoms with Crippen molar-refractivity contribution in [2.45, 2.75) is 26.7 Å². The molecule has 0 saturated heterocycles. The van der Waals surface area contributed by atoms with Gasteiger partial charge in [-0.2, -0.15) is 0 Å². The number of unbranched alkanes of at least 4 members (excludes halogenated alkanes) is 1. The molecule has 0 aromatic heterocycles. The third-order valence-corrected chi connectivity index (χ3v) is 4.46. The molecular weight excluding hydrogens is 340 g/mol. The molecule has 1 aromatic carbocycles. The molecule has 134 valence electrons. The number of amidine groups is 1. The maximum atomic E-state index is 12.1. The van der Waals surface area contributed by atoms with Gasteiger partial charge in [-0.3, -0.25) is 24.8 Å². The minimum absolute atomic E-state index is 0.00960. The molecular formula is C17H22N4O3S. The summed E-state index contributed by atoms with van der Waals surface area (Å²) >= 11 is 1.14. The highest BCUT2D eigenvalue weighted by molar-refractivity contribution is 8.14. The highest BCUT2D eigenvalue weighted by atomic mass is 32.2. The topological polar surface area (TPSA) is 90.9 Å². The molecule has 0 atom stereocenters. The summed E-state index contributed by atoms with van der Waals surface area (Å²) in [6.45, 7) is 4.58. The van der Waals surface area contributed by atoms with Crippen LogP contribution in [0, 0.1) is 6.92 Å². The number of nitrogens with one attached hydrogen (secondary N) is 2. The summed E-state index contributed by atoms with van der Waals surface area (Å²) in [6, 6.07) is 7.01. The van der Waals surface area contributed by atoms with Gasteiger partial charge in [0.15, 0.2) is 5.17 Å². The van der Waals surface area contributed by atoms with Crippen LogP contribution in [0.4, 0.5) is 10.5 Å². The molecule has 0 saturated carbocycles. The monoisotopic (exact) mass is 362 g/mol. The summed E-state index contributed by atoms with van der Waals surface area (Å²) in [7, 11) is 0. The number of hydrogen-bond acceptors (Lipinski definition) is 5. The van der Waals surface area contributed by atoms with E-state index in [0.717, 1.165) is 35.9 Å². The van der Waals surface area contributed by atoms with Crippen LogP contribution < -0.4 is 15.5 Å². The van der Waals surface area contributed by atoms with Crippen molar-refractivity contribution in [2.75, 3.05) is 23.7 Å². The standard InChI is InChI=1S/C17H22N4O3S/c1-3-4-9-18-16(24)20-14(22)11-25-17-19-10-15(23)21(17)13-7-5-12(2)6-8-13/h5-8H,3-4,9-11H2,1-2H3,(H2,18,20,22,24). The predicted octanol–water partition coefficient (Wildman–Crippen LogP) is 2.06. The van der Waals surface area contributed by atoms with Crippen LogP contribution in [0.15, 0.2) is 29.3 Å². The van der Waals surface area contributed by atoms with E-state index in [2.05, 4.69) is 15.6 Å². The SMILES string of the molecule is CCCCNC(=O)NC(=O)CSC1=NCC(=O)N1c1ccc(C)cc1. The fourth-order valence-corrected chi connectivity index (χ4v) is 2.98. The second kappa shape index (κ2) is 9.22. The number of amides is 4. The van der Waals surface area contributed by atoms with Gasteiger partial charge in [0.05, 0.1) is 11.4 Å².